The number of hydrogen-bond acceptors (Lipinski definition) is 1. The molecule has 1 heterocycles. The lowest BCUT2D eigenvalue weighted by Crippen LogP contribution is -1.76. The van der Waals surface area contributed by atoms with Gasteiger partial charge in [-0.2, -0.15) is 0 Å². The smallest absolute Gasteiger partial charge is 0.134 e. The van der Waals surface area contributed by atoms with Gasteiger partial charge < -0.3 is 0 Å². The van der Waals surface area contributed by atoms with Gasteiger partial charge in [-0.25, -0.2) is 4.39 Å². The highest BCUT2D eigenvalue weighted by Gasteiger charge is 2.07. The lowest BCUT2D eigenvalue weighted by Gasteiger charge is -1.94. The van der Waals surface area contributed by atoms with Gasteiger partial charge in [-0.1, -0.05) is 15.9 Å². The first-order valence-corrected chi connectivity index (χ1v) is 5.95. The van der Waals surface area contributed by atoms with E-state index in [9.17, 15) is 4.39 Å². The van der Waals surface area contributed by atoms with Crippen molar-refractivity contribution in [2.45, 2.75) is 0 Å². The molecule has 12 heavy (non-hydrogen) atoms. The molecular weight excluding hydrogens is 354 g/mol. The van der Waals surface area contributed by atoms with Crippen molar-refractivity contribution in [1.29, 1.82) is 0 Å². The molecule has 0 aliphatic carbocycles. The summed E-state index contributed by atoms with van der Waals surface area (Å²) in [5.41, 5.74) is 0. The van der Waals surface area contributed by atoms with Crippen molar-refractivity contribution in [2.75, 3.05) is 0 Å². The summed E-state index contributed by atoms with van der Waals surface area (Å²) in [4.78, 5) is 0. The normalized spacial score (nSPS) is 10.9. The molecule has 0 aliphatic heterocycles. The lowest BCUT2D eigenvalue weighted by molar-refractivity contribution is 0.639. The van der Waals surface area contributed by atoms with E-state index in [1.807, 2.05) is 11.4 Å². The van der Waals surface area contributed by atoms with Crippen molar-refractivity contribution < 1.29 is 4.39 Å². The van der Waals surface area contributed by atoms with E-state index >= 15 is 0 Å². The van der Waals surface area contributed by atoms with E-state index in [0.717, 1.165) is 18.1 Å². The first kappa shape index (κ1) is 8.90. The van der Waals surface area contributed by atoms with Crippen LogP contribution in [0, 0.1) is 9.39 Å². The van der Waals surface area contributed by atoms with Crippen LogP contribution in [-0.2, 0) is 0 Å². The maximum absolute atomic E-state index is 13.3. The molecular formula is C8H3BrFIS. The topological polar surface area (TPSA) is 0 Å². The second-order valence-electron chi connectivity index (χ2n) is 2.34. The van der Waals surface area contributed by atoms with E-state index in [0.29, 0.717) is 0 Å². The Balaban J connectivity index is 2.93. The molecule has 1 aromatic heterocycles. The zero-order chi connectivity index (χ0) is 8.72. The van der Waals surface area contributed by atoms with Gasteiger partial charge in [-0.15, -0.1) is 11.3 Å². The SMILES string of the molecule is Fc1cc(Br)cc2scc(I)c12. The molecule has 0 nitrogen and oxygen atoms in total. The molecule has 0 amide bonds. The summed E-state index contributed by atoms with van der Waals surface area (Å²) in [6, 6.07) is 3.43. The fourth-order valence-corrected chi connectivity index (χ4v) is 3.61. The third-order valence-corrected chi connectivity index (χ3v) is 4.21. The summed E-state index contributed by atoms with van der Waals surface area (Å²) in [7, 11) is 0. The van der Waals surface area contributed by atoms with E-state index < -0.39 is 0 Å². The van der Waals surface area contributed by atoms with Crippen molar-refractivity contribution >= 4 is 59.9 Å². The molecule has 1 aromatic carbocycles. The van der Waals surface area contributed by atoms with E-state index in [2.05, 4.69) is 38.5 Å². The van der Waals surface area contributed by atoms with Crippen LogP contribution in [0.25, 0.3) is 10.1 Å². The fraction of sp³-hybridized carbons (Fsp3) is 0. The van der Waals surface area contributed by atoms with Crippen molar-refractivity contribution in [3.8, 4) is 0 Å². The molecule has 0 saturated carbocycles. The average molecular weight is 357 g/mol. The average Bonchev–Trinajstić information content (AvgIpc) is 2.31. The van der Waals surface area contributed by atoms with Crippen LogP contribution in [0.15, 0.2) is 22.0 Å². The van der Waals surface area contributed by atoms with Gasteiger partial charge in [0.05, 0.1) is 0 Å². The second kappa shape index (κ2) is 3.23. The van der Waals surface area contributed by atoms with Gasteiger partial charge in [0.2, 0.25) is 0 Å². The number of rotatable bonds is 0. The number of fused-ring (bicyclic) bond motifs is 1. The van der Waals surface area contributed by atoms with Crippen LogP contribution < -0.4 is 0 Å². The van der Waals surface area contributed by atoms with Crippen LogP contribution in [-0.4, -0.2) is 0 Å². The molecule has 0 aliphatic rings. The van der Waals surface area contributed by atoms with Crippen LogP contribution in [0.5, 0.6) is 0 Å². The van der Waals surface area contributed by atoms with Crippen molar-refractivity contribution in [3.63, 3.8) is 0 Å². The summed E-state index contributed by atoms with van der Waals surface area (Å²) in [5.74, 6) is -0.148. The summed E-state index contributed by atoms with van der Waals surface area (Å²) < 4.78 is 16.1. The number of halogens is 3. The summed E-state index contributed by atoms with van der Waals surface area (Å²) >= 11 is 6.97. The van der Waals surface area contributed by atoms with Crippen LogP contribution in [0.4, 0.5) is 4.39 Å². The summed E-state index contributed by atoms with van der Waals surface area (Å²) in [5, 5.41) is 2.70. The summed E-state index contributed by atoms with van der Waals surface area (Å²) in [6.45, 7) is 0. The molecule has 0 radical (unpaired) electrons. The molecule has 0 N–H and O–H groups in total. The Morgan fingerprint density at radius 3 is 2.92 bits per heavy atom. The van der Waals surface area contributed by atoms with Crippen LogP contribution >= 0.6 is 49.9 Å². The fourth-order valence-electron chi connectivity index (χ4n) is 1.05. The molecule has 0 bridgehead atoms. The van der Waals surface area contributed by atoms with Crippen molar-refractivity contribution in [3.05, 3.63) is 31.4 Å². The zero-order valence-corrected chi connectivity index (χ0v) is 10.3. The Kier molecular flexibility index (Phi) is 2.39. The number of hydrogen-bond donors (Lipinski definition) is 0. The Hall–Kier alpha value is 0.320. The highest BCUT2D eigenvalue weighted by Crippen LogP contribution is 2.31. The van der Waals surface area contributed by atoms with E-state index in [1.165, 1.54) is 6.07 Å². The maximum Gasteiger partial charge on any atom is 0.134 e. The van der Waals surface area contributed by atoms with Gasteiger partial charge in [0.25, 0.3) is 0 Å². The second-order valence-corrected chi connectivity index (χ2v) is 5.33. The summed E-state index contributed by atoms with van der Waals surface area (Å²) in [6.07, 6.45) is 0. The number of benzene rings is 1. The molecule has 62 valence electrons. The first-order valence-electron chi connectivity index (χ1n) is 3.20. The Bertz CT molecular complexity index is 438. The third-order valence-electron chi connectivity index (χ3n) is 1.55. The maximum atomic E-state index is 13.3. The molecule has 0 fully saturated rings. The van der Waals surface area contributed by atoms with Gasteiger partial charge in [-0.05, 0) is 34.7 Å². The number of thiophene rings is 1. The first-order chi connectivity index (χ1) is 5.68. The van der Waals surface area contributed by atoms with E-state index in [-0.39, 0.29) is 5.82 Å². The Morgan fingerprint density at radius 2 is 2.17 bits per heavy atom. The van der Waals surface area contributed by atoms with Gasteiger partial charge in [0, 0.05) is 23.5 Å². The predicted molar refractivity (Wildman–Crippen MR) is 62.2 cm³/mol. The minimum Gasteiger partial charge on any atom is -0.206 e. The molecule has 0 unspecified atom stereocenters. The highest BCUT2D eigenvalue weighted by molar-refractivity contribution is 14.1. The van der Waals surface area contributed by atoms with Gasteiger partial charge >= 0.3 is 0 Å². The predicted octanol–water partition coefficient (Wildman–Crippen LogP) is 4.41. The Morgan fingerprint density at radius 1 is 1.42 bits per heavy atom. The van der Waals surface area contributed by atoms with Gasteiger partial charge in [0.15, 0.2) is 0 Å². The molecule has 4 heteroatoms. The van der Waals surface area contributed by atoms with E-state index in [4.69, 9.17) is 0 Å². The monoisotopic (exact) mass is 356 g/mol. The highest BCUT2D eigenvalue weighted by atomic mass is 127. The molecule has 2 rings (SSSR count). The Labute approximate surface area is 95.0 Å². The van der Waals surface area contributed by atoms with Crippen molar-refractivity contribution in [1.82, 2.24) is 0 Å². The van der Waals surface area contributed by atoms with Crippen LogP contribution in [0.1, 0.15) is 0 Å². The molecule has 0 spiro atoms. The molecule has 2 aromatic rings. The quantitative estimate of drug-likeness (QED) is 0.613. The minimum absolute atomic E-state index is 0.148. The van der Waals surface area contributed by atoms with Gasteiger partial charge in [-0.3, -0.25) is 0 Å². The molecule has 0 atom stereocenters. The zero-order valence-electron chi connectivity index (χ0n) is 5.77. The largest absolute Gasteiger partial charge is 0.206 e. The van der Waals surface area contributed by atoms with Crippen molar-refractivity contribution in [2.24, 2.45) is 0 Å². The lowest BCUT2D eigenvalue weighted by atomic mass is 10.2. The minimum atomic E-state index is -0.148. The van der Waals surface area contributed by atoms with Gasteiger partial charge in [0.1, 0.15) is 5.82 Å². The van der Waals surface area contributed by atoms with Crippen LogP contribution in [0.2, 0.25) is 0 Å². The van der Waals surface area contributed by atoms with E-state index in [1.54, 1.807) is 11.3 Å². The van der Waals surface area contributed by atoms with Crippen LogP contribution in [0.3, 0.4) is 0 Å². The third kappa shape index (κ3) is 1.40. The standard InChI is InChI=1S/C8H3BrFIS/c9-4-1-5(10)8-6(11)3-12-7(8)2-4/h1-3H. The molecule has 0 saturated heterocycles.